The molecule has 0 fully saturated rings. The first-order chi connectivity index (χ1) is 9.70. The van der Waals surface area contributed by atoms with Crippen molar-refractivity contribution < 1.29 is 23.4 Å². The van der Waals surface area contributed by atoms with E-state index >= 15 is 0 Å². The van der Waals surface area contributed by atoms with Crippen molar-refractivity contribution in [2.45, 2.75) is 45.9 Å². The van der Waals surface area contributed by atoms with Crippen LogP contribution in [-0.4, -0.2) is 34.7 Å². The van der Waals surface area contributed by atoms with E-state index in [1.165, 1.54) is 6.07 Å². The van der Waals surface area contributed by atoms with Crippen LogP contribution < -0.4 is 4.74 Å². The third kappa shape index (κ3) is 6.08. The van der Waals surface area contributed by atoms with E-state index in [4.69, 9.17) is 5.11 Å². The monoisotopic (exact) mass is 301 g/mol. The number of ether oxygens (including phenoxy) is 1. The molecule has 4 nitrogen and oxygen atoms in total. The van der Waals surface area contributed by atoms with Crippen molar-refractivity contribution in [1.29, 1.82) is 0 Å². The second-order valence-electron chi connectivity index (χ2n) is 5.72. The van der Waals surface area contributed by atoms with Crippen molar-refractivity contribution in [2.24, 2.45) is 0 Å². The minimum Gasteiger partial charge on any atom is -0.481 e. The van der Waals surface area contributed by atoms with Gasteiger partial charge in [-0.05, 0) is 26.8 Å². The van der Waals surface area contributed by atoms with Gasteiger partial charge in [0.05, 0.1) is 6.42 Å². The molecule has 0 aliphatic heterocycles. The van der Waals surface area contributed by atoms with Crippen LogP contribution in [0.4, 0.5) is 8.78 Å². The molecule has 0 aromatic heterocycles. The average Bonchev–Trinajstić information content (AvgIpc) is 2.33. The first kappa shape index (κ1) is 17.4. The third-order valence-electron chi connectivity index (χ3n) is 3.09. The second-order valence-corrected chi connectivity index (χ2v) is 5.72. The van der Waals surface area contributed by atoms with Gasteiger partial charge in [-0.1, -0.05) is 18.2 Å². The molecule has 1 N–H and O–H groups in total. The van der Waals surface area contributed by atoms with Crippen molar-refractivity contribution in [3.8, 4) is 5.75 Å². The zero-order chi connectivity index (χ0) is 16.0. The second kappa shape index (κ2) is 7.36. The molecular weight excluding hydrogens is 280 g/mol. The van der Waals surface area contributed by atoms with E-state index in [1.54, 1.807) is 18.2 Å². The Kier molecular flexibility index (Phi) is 6.08. The molecule has 118 valence electrons. The maximum atomic E-state index is 12.4. The molecule has 1 aromatic rings. The molecule has 0 unspecified atom stereocenters. The lowest BCUT2D eigenvalue weighted by Gasteiger charge is -2.35. The van der Waals surface area contributed by atoms with Crippen LogP contribution in [0.25, 0.3) is 0 Å². The summed E-state index contributed by atoms with van der Waals surface area (Å²) in [6, 6.07) is 6.56. The van der Waals surface area contributed by atoms with Crippen LogP contribution in [0.5, 0.6) is 5.75 Å². The van der Waals surface area contributed by atoms with E-state index in [0.29, 0.717) is 18.7 Å². The summed E-state index contributed by atoms with van der Waals surface area (Å²) in [5.41, 5.74) is 0.325. The highest BCUT2D eigenvalue weighted by Crippen LogP contribution is 2.25. The van der Waals surface area contributed by atoms with Gasteiger partial charge in [-0.25, -0.2) is 0 Å². The number of carboxylic acid groups (broad SMARTS) is 1. The number of hydrogen-bond acceptors (Lipinski definition) is 3. The zero-order valence-electron chi connectivity index (χ0n) is 12.5. The average molecular weight is 301 g/mol. The number of carboxylic acids is 1. The SMILES string of the molecule is CC(C)(C)N(CCC(=O)O)Cc1ccccc1OC(F)F. The quantitative estimate of drug-likeness (QED) is 0.839. The molecule has 0 aliphatic carbocycles. The van der Waals surface area contributed by atoms with Gasteiger partial charge >= 0.3 is 12.6 Å². The van der Waals surface area contributed by atoms with Crippen molar-refractivity contribution in [1.82, 2.24) is 4.90 Å². The maximum Gasteiger partial charge on any atom is 0.387 e. The Hall–Kier alpha value is -1.69. The Bertz CT molecular complexity index is 472. The molecule has 21 heavy (non-hydrogen) atoms. The summed E-state index contributed by atoms with van der Waals surface area (Å²) < 4.78 is 29.3. The van der Waals surface area contributed by atoms with Crippen molar-refractivity contribution in [3.05, 3.63) is 29.8 Å². The fourth-order valence-corrected chi connectivity index (χ4v) is 1.93. The number of halogens is 2. The van der Waals surface area contributed by atoms with Gasteiger partial charge in [0.2, 0.25) is 0 Å². The van der Waals surface area contributed by atoms with E-state index in [0.717, 1.165) is 0 Å². The first-order valence-corrected chi connectivity index (χ1v) is 6.69. The smallest absolute Gasteiger partial charge is 0.387 e. The predicted molar refractivity (Wildman–Crippen MR) is 75.5 cm³/mol. The highest BCUT2D eigenvalue weighted by molar-refractivity contribution is 5.66. The van der Waals surface area contributed by atoms with Gasteiger partial charge < -0.3 is 9.84 Å². The summed E-state index contributed by atoms with van der Waals surface area (Å²) in [6.07, 6.45) is -0.00482. The molecular formula is C15H21F2NO3. The van der Waals surface area contributed by atoms with Crippen molar-refractivity contribution in [2.75, 3.05) is 6.54 Å². The number of alkyl halides is 2. The molecule has 0 aliphatic rings. The van der Waals surface area contributed by atoms with E-state index in [1.807, 2.05) is 25.7 Å². The van der Waals surface area contributed by atoms with Crippen LogP contribution in [0.2, 0.25) is 0 Å². The summed E-state index contributed by atoms with van der Waals surface area (Å²) in [5, 5.41) is 8.82. The van der Waals surface area contributed by atoms with Crippen LogP contribution in [0.3, 0.4) is 0 Å². The molecule has 0 bridgehead atoms. The highest BCUT2D eigenvalue weighted by atomic mass is 19.3. The fraction of sp³-hybridized carbons (Fsp3) is 0.533. The minimum absolute atomic E-state index is 0.00482. The molecule has 0 saturated heterocycles. The highest BCUT2D eigenvalue weighted by Gasteiger charge is 2.23. The van der Waals surface area contributed by atoms with Gasteiger partial charge in [-0.3, -0.25) is 9.69 Å². The lowest BCUT2D eigenvalue weighted by atomic mass is 10.0. The summed E-state index contributed by atoms with van der Waals surface area (Å²) >= 11 is 0. The number of benzene rings is 1. The van der Waals surface area contributed by atoms with Crippen LogP contribution in [0, 0.1) is 0 Å². The number of carbonyl (C=O) groups is 1. The Morgan fingerprint density at radius 1 is 1.33 bits per heavy atom. The van der Waals surface area contributed by atoms with Crippen molar-refractivity contribution >= 4 is 5.97 Å². The van der Waals surface area contributed by atoms with Gasteiger partial charge in [0, 0.05) is 24.2 Å². The first-order valence-electron chi connectivity index (χ1n) is 6.69. The standard InChI is InChI=1S/C15H21F2NO3/c1-15(2,3)18(9-8-13(19)20)10-11-6-4-5-7-12(11)21-14(16)17/h4-7,14H,8-10H2,1-3H3,(H,19,20). The van der Waals surface area contributed by atoms with E-state index in [2.05, 4.69) is 4.74 Å². The summed E-state index contributed by atoms with van der Waals surface area (Å²) in [5.74, 6) is -0.765. The molecule has 0 heterocycles. The van der Waals surface area contributed by atoms with E-state index in [9.17, 15) is 13.6 Å². The van der Waals surface area contributed by atoms with Crippen LogP contribution in [-0.2, 0) is 11.3 Å². The zero-order valence-corrected chi connectivity index (χ0v) is 12.5. The maximum absolute atomic E-state index is 12.4. The third-order valence-corrected chi connectivity index (χ3v) is 3.09. The minimum atomic E-state index is -2.88. The topological polar surface area (TPSA) is 49.8 Å². The molecule has 6 heteroatoms. The molecule has 1 rings (SSSR count). The normalized spacial score (nSPS) is 12.0. The Balaban J connectivity index is 2.90. The van der Waals surface area contributed by atoms with Gasteiger partial charge in [0.25, 0.3) is 0 Å². The Morgan fingerprint density at radius 2 is 1.95 bits per heavy atom. The van der Waals surface area contributed by atoms with Gasteiger partial charge in [-0.2, -0.15) is 8.78 Å². The summed E-state index contributed by atoms with van der Waals surface area (Å²) in [6.45, 7) is 3.65. The molecule has 0 amide bonds. The van der Waals surface area contributed by atoms with Crippen LogP contribution in [0.1, 0.15) is 32.8 Å². The van der Waals surface area contributed by atoms with Crippen LogP contribution in [0.15, 0.2) is 24.3 Å². The summed E-state index contributed by atoms with van der Waals surface area (Å²) in [7, 11) is 0. The van der Waals surface area contributed by atoms with Crippen molar-refractivity contribution in [3.63, 3.8) is 0 Å². The number of hydrogen-bond donors (Lipinski definition) is 1. The summed E-state index contributed by atoms with van der Waals surface area (Å²) in [4.78, 5) is 12.7. The van der Waals surface area contributed by atoms with Gasteiger partial charge in [0.15, 0.2) is 0 Å². The van der Waals surface area contributed by atoms with Gasteiger partial charge in [0.1, 0.15) is 5.75 Å². The fourth-order valence-electron chi connectivity index (χ4n) is 1.93. The largest absolute Gasteiger partial charge is 0.481 e. The number of nitrogens with zero attached hydrogens (tertiary/aromatic N) is 1. The molecule has 0 atom stereocenters. The molecule has 0 saturated carbocycles. The Morgan fingerprint density at radius 3 is 2.48 bits per heavy atom. The molecule has 1 aromatic carbocycles. The van der Waals surface area contributed by atoms with Crippen LogP contribution >= 0.6 is 0 Å². The predicted octanol–water partition coefficient (Wildman–Crippen LogP) is 3.36. The van der Waals surface area contributed by atoms with Gasteiger partial charge in [-0.15, -0.1) is 0 Å². The number of rotatable bonds is 7. The Labute approximate surface area is 123 Å². The molecule has 0 radical (unpaired) electrons. The molecule has 0 spiro atoms. The van der Waals surface area contributed by atoms with E-state index in [-0.39, 0.29) is 17.7 Å². The van der Waals surface area contributed by atoms with E-state index < -0.39 is 12.6 Å². The lowest BCUT2D eigenvalue weighted by molar-refractivity contribution is -0.137. The number of para-hydroxylation sites is 1. The number of aliphatic carboxylic acids is 1. The lowest BCUT2D eigenvalue weighted by Crippen LogP contribution is -2.42.